The predicted molar refractivity (Wildman–Crippen MR) is 86.6 cm³/mol. The number of oxime groups is 1. The van der Waals surface area contributed by atoms with Crippen LogP contribution < -0.4 is 11.1 Å². The van der Waals surface area contributed by atoms with Crippen molar-refractivity contribution in [3.05, 3.63) is 48.8 Å². The van der Waals surface area contributed by atoms with Gasteiger partial charge >= 0.3 is 0 Å². The Balaban J connectivity index is 2.35. The van der Waals surface area contributed by atoms with Crippen LogP contribution in [-0.4, -0.2) is 17.0 Å². The standard InChI is InChI=1S/C12H8Br2FN3O2S/c13-9-4-7(10(14)21-9)12(19)17-8-2-1-5(15)3-6(8)11(16)18-20/h1-4,20H,(H2,16,18)(H,17,19). The third-order valence-corrected chi connectivity index (χ3v) is 4.85. The summed E-state index contributed by atoms with van der Waals surface area (Å²) in [4.78, 5) is 12.2. The first kappa shape index (κ1) is 15.9. The van der Waals surface area contributed by atoms with Crippen molar-refractivity contribution < 1.29 is 14.4 Å². The molecular weight excluding hydrogens is 429 g/mol. The number of nitrogens with one attached hydrogen (secondary N) is 1. The predicted octanol–water partition coefficient (Wildman–Crippen LogP) is 3.76. The van der Waals surface area contributed by atoms with Crippen LogP contribution in [0.4, 0.5) is 10.1 Å². The van der Waals surface area contributed by atoms with Crippen molar-refractivity contribution in [2.75, 3.05) is 5.32 Å². The smallest absolute Gasteiger partial charge is 0.257 e. The lowest BCUT2D eigenvalue weighted by molar-refractivity contribution is 0.102. The maximum absolute atomic E-state index is 13.3. The topological polar surface area (TPSA) is 87.7 Å². The van der Waals surface area contributed by atoms with Gasteiger partial charge < -0.3 is 16.3 Å². The van der Waals surface area contributed by atoms with Crippen molar-refractivity contribution in [3.8, 4) is 0 Å². The summed E-state index contributed by atoms with van der Waals surface area (Å²) in [6, 6.07) is 5.23. The number of hydrogen-bond acceptors (Lipinski definition) is 4. The van der Waals surface area contributed by atoms with Crippen LogP contribution in [0.2, 0.25) is 0 Å². The van der Waals surface area contributed by atoms with Gasteiger partial charge in [0.25, 0.3) is 5.91 Å². The van der Waals surface area contributed by atoms with Crippen molar-refractivity contribution in [3.63, 3.8) is 0 Å². The number of hydrogen-bond donors (Lipinski definition) is 3. The molecule has 0 aliphatic heterocycles. The second kappa shape index (κ2) is 6.54. The highest BCUT2D eigenvalue weighted by molar-refractivity contribution is 9.12. The van der Waals surface area contributed by atoms with E-state index in [0.717, 1.165) is 9.85 Å². The SMILES string of the molecule is N/C(=N/O)c1cc(F)ccc1NC(=O)c1cc(Br)sc1Br. The van der Waals surface area contributed by atoms with E-state index in [4.69, 9.17) is 10.9 Å². The minimum absolute atomic E-state index is 0.0938. The zero-order valence-corrected chi connectivity index (χ0v) is 14.2. The third-order valence-electron chi connectivity index (χ3n) is 2.51. The molecule has 0 bridgehead atoms. The summed E-state index contributed by atoms with van der Waals surface area (Å²) in [7, 11) is 0. The molecule has 1 amide bonds. The molecule has 0 fully saturated rings. The Kier molecular flexibility index (Phi) is 4.96. The quantitative estimate of drug-likeness (QED) is 0.296. The molecule has 0 aliphatic carbocycles. The van der Waals surface area contributed by atoms with Crippen LogP contribution >= 0.6 is 43.2 Å². The Labute approximate surface area is 139 Å². The lowest BCUT2D eigenvalue weighted by Crippen LogP contribution is -2.19. The van der Waals surface area contributed by atoms with Crippen molar-refractivity contribution in [1.82, 2.24) is 0 Å². The van der Waals surface area contributed by atoms with Crippen molar-refractivity contribution in [2.45, 2.75) is 0 Å². The monoisotopic (exact) mass is 435 g/mol. The van der Waals surface area contributed by atoms with Gasteiger partial charge in [0.05, 0.1) is 18.8 Å². The van der Waals surface area contributed by atoms with Crippen molar-refractivity contribution in [2.24, 2.45) is 10.9 Å². The molecule has 110 valence electrons. The highest BCUT2D eigenvalue weighted by Crippen LogP contribution is 2.32. The first-order valence-corrected chi connectivity index (χ1v) is 7.86. The third kappa shape index (κ3) is 3.60. The molecule has 2 rings (SSSR count). The van der Waals surface area contributed by atoms with Gasteiger partial charge in [0, 0.05) is 5.56 Å². The van der Waals surface area contributed by atoms with Gasteiger partial charge in [-0.1, -0.05) is 5.16 Å². The number of benzene rings is 1. The van der Waals surface area contributed by atoms with E-state index in [0.29, 0.717) is 9.35 Å². The van der Waals surface area contributed by atoms with Gasteiger partial charge in [-0.3, -0.25) is 4.79 Å². The molecule has 0 unspecified atom stereocenters. The summed E-state index contributed by atoms with van der Waals surface area (Å²) in [5.74, 6) is -1.26. The van der Waals surface area contributed by atoms with Gasteiger partial charge in [0.1, 0.15) is 5.82 Å². The Bertz CT molecular complexity index is 733. The van der Waals surface area contributed by atoms with Crippen LogP contribution in [0.15, 0.2) is 37.0 Å². The number of thiophene rings is 1. The average molecular weight is 437 g/mol. The number of amides is 1. The number of rotatable bonds is 3. The molecule has 9 heteroatoms. The van der Waals surface area contributed by atoms with E-state index in [-0.39, 0.29) is 17.1 Å². The number of halogens is 3. The summed E-state index contributed by atoms with van der Waals surface area (Å²) in [6.45, 7) is 0. The molecule has 1 heterocycles. The van der Waals surface area contributed by atoms with Gasteiger partial charge in [-0.25, -0.2) is 4.39 Å². The first-order valence-electron chi connectivity index (χ1n) is 5.46. The molecule has 0 spiro atoms. The lowest BCUT2D eigenvalue weighted by Gasteiger charge is -2.10. The Morgan fingerprint density at radius 2 is 2.05 bits per heavy atom. The number of anilines is 1. The normalized spacial score (nSPS) is 11.5. The molecule has 2 aromatic rings. The minimum atomic E-state index is -0.561. The number of nitrogens with zero attached hydrogens (tertiary/aromatic N) is 1. The van der Waals surface area contributed by atoms with Gasteiger partial charge in [-0.15, -0.1) is 11.3 Å². The zero-order chi connectivity index (χ0) is 15.6. The molecular formula is C12H8Br2FN3O2S. The van der Waals surface area contributed by atoms with Crippen LogP contribution in [0.3, 0.4) is 0 Å². The molecule has 1 aromatic carbocycles. The van der Waals surface area contributed by atoms with Crippen LogP contribution in [0, 0.1) is 5.82 Å². The van der Waals surface area contributed by atoms with Gasteiger partial charge in [0.15, 0.2) is 5.84 Å². The molecule has 0 saturated heterocycles. The first-order chi connectivity index (χ1) is 9.92. The summed E-state index contributed by atoms with van der Waals surface area (Å²) in [5.41, 5.74) is 6.23. The number of amidine groups is 1. The average Bonchev–Trinajstić information content (AvgIpc) is 2.78. The summed E-state index contributed by atoms with van der Waals surface area (Å²) in [5, 5.41) is 14.1. The fraction of sp³-hybridized carbons (Fsp3) is 0. The number of nitrogens with two attached hydrogens (primary N) is 1. The molecule has 21 heavy (non-hydrogen) atoms. The van der Waals surface area contributed by atoms with Crippen LogP contribution in [0.25, 0.3) is 0 Å². The van der Waals surface area contributed by atoms with E-state index in [9.17, 15) is 9.18 Å². The van der Waals surface area contributed by atoms with E-state index < -0.39 is 11.7 Å². The van der Waals surface area contributed by atoms with Crippen molar-refractivity contribution in [1.29, 1.82) is 0 Å². The Morgan fingerprint density at radius 1 is 1.33 bits per heavy atom. The van der Waals surface area contributed by atoms with E-state index in [1.807, 2.05) is 0 Å². The van der Waals surface area contributed by atoms with Crippen LogP contribution in [0.5, 0.6) is 0 Å². The highest BCUT2D eigenvalue weighted by Gasteiger charge is 2.16. The van der Waals surface area contributed by atoms with E-state index in [2.05, 4.69) is 42.3 Å². The summed E-state index contributed by atoms with van der Waals surface area (Å²) in [6.07, 6.45) is 0. The van der Waals surface area contributed by atoms with E-state index in [1.165, 1.54) is 23.5 Å². The summed E-state index contributed by atoms with van der Waals surface area (Å²) < 4.78 is 14.7. The molecule has 0 atom stereocenters. The number of carbonyl (C=O) groups is 1. The van der Waals surface area contributed by atoms with E-state index >= 15 is 0 Å². The van der Waals surface area contributed by atoms with Crippen LogP contribution in [-0.2, 0) is 0 Å². The highest BCUT2D eigenvalue weighted by atomic mass is 79.9. The maximum atomic E-state index is 13.3. The second-order valence-electron chi connectivity index (χ2n) is 3.87. The lowest BCUT2D eigenvalue weighted by atomic mass is 10.1. The number of carbonyl (C=O) groups excluding carboxylic acids is 1. The fourth-order valence-electron chi connectivity index (χ4n) is 1.58. The van der Waals surface area contributed by atoms with Crippen LogP contribution in [0.1, 0.15) is 15.9 Å². The van der Waals surface area contributed by atoms with Crippen molar-refractivity contribution >= 4 is 60.6 Å². The Morgan fingerprint density at radius 3 is 2.62 bits per heavy atom. The summed E-state index contributed by atoms with van der Waals surface area (Å²) >= 11 is 7.91. The maximum Gasteiger partial charge on any atom is 0.257 e. The molecule has 1 aromatic heterocycles. The molecule has 0 aliphatic rings. The van der Waals surface area contributed by atoms with E-state index in [1.54, 1.807) is 6.07 Å². The largest absolute Gasteiger partial charge is 0.409 e. The molecule has 5 nitrogen and oxygen atoms in total. The molecule has 0 saturated carbocycles. The fourth-order valence-corrected chi connectivity index (χ4v) is 4.37. The minimum Gasteiger partial charge on any atom is -0.409 e. The van der Waals surface area contributed by atoms with Gasteiger partial charge in [0.2, 0.25) is 0 Å². The molecule has 0 radical (unpaired) electrons. The zero-order valence-electron chi connectivity index (χ0n) is 10.2. The Hall–Kier alpha value is -1.45. The molecule has 4 N–H and O–H groups in total. The van der Waals surface area contributed by atoms with Gasteiger partial charge in [-0.05, 0) is 56.1 Å². The van der Waals surface area contributed by atoms with Gasteiger partial charge in [-0.2, -0.15) is 0 Å². The second-order valence-corrected chi connectivity index (χ2v) is 7.62.